The lowest BCUT2D eigenvalue weighted by molar-refractivity contribution is 1.50. The van der Waals surface area contributed by atoms with Crippen molar-refractivity contribution in [3.8, 4) is 0 Å². The molecule has 0 saturated heterocycles. The molecule has 0 saturated carbocycles. The van der Waals surface area contributed by atoms with Crippen LogP contribution in [0.3, 0.4) is 0 Å². The van der Waals surface area contributed by atoms with Gasteiger partial charge in [-0.1, -0.05) is 52.0 Å². The lowest BCUT2D eigenvalue weighted by Gasteiger charge is -1.62. The molecular formula is C10H22. The second kappa shape index (κ2) is 39.2. The molecule has 0 atom stereocenters. The average Bonchev–Trinajstić information content (AvgIpc) is 2.08. The minimum Gasteiger partial charge on any atom is -0.0877 e. The molecule has 0 aromatic heterocycles. The standard InChI is InChI=1S/C6H10.2C2H6/c1-3-5-6-4-2;2*1-2/h3-6H,1-2H3;2*1-2H3/b5-3-,6-4-;;. The van der Waals surface area contributed by atoms with Crippen molar-refractivity contribution in [2.75, 3.05) is 0 Å². The van der Waals surface area contributed by atoms with Gasteiger partial charge in [-0.25, -0.2) is 0 Å². The normalized spacial score (nSPS) is 8.20. The maximum atomic E-state index is 2.00. The van der Waals surface area contributed by atoms with Gasteiger partial charge >= 0.3 is 0 Å². The first kappa shape index (κ1) is 16.2. The van der Waals surface area contributed by atoms with Crippen LogP contribution in [0.1, 0.15) is 41.5 Å². The van der Waals surface area contributed by atoms with Crippen molar-refractivity contribution in [1.82, 2.24) is 0 Å². The van der Waals surface area contributed by atoms with E-state index in [9.17, 15) is 0 Å². The largest absolute Gasteiger partial charge is 0.0877 e. The van der Waals surface area contributed by atoms with E-state index in [2.05, 4.69) is 0 Å². The van der Waals surface area contributed by atoms with Crippen molar-refractivity contribution < 1.29 is 0 Å². The number of hydrogen-bond acceptors (Lipinski definition) is 0. The third kappa shape index (κ3) is 51.1. The van der Waals surface area contributed by atoms with Crippen molar-refractivity contribution in [3.05, 3.63) is 24.3 Å². The first-order valence-electron chi connectivity index (χ1n) is 4.15. The molecule has 0 rings (SSSR count). The molecule has 0 aliphatic rings. The fourth-order valence-corrected chi connectivity index (χ4v) is 0.222. The second-order valence-electron chi connectivity index (χ2n) is 1.05. The highest BCUT2D eigenvalue weighted by molar-refractivity contribution is 4.98. The lowest BCUT2D eigenvalue weighted by atomic mass is 10.5. The maximum absolute atomic E-state index is 2.00. The Bertz CT molecular complexity index is 48.4. The minimum atomic E-state index is 2.00. The smallest absolute Gasteiger partial charge is 0.0467 e. The number of allylic oxidation sites excluding steroid dienone is 4. The molecule has 0 fully saturated rings. The molecule has 0 radical (unpaired) electrons. The Morgan fingerprint density at radius 1 is 0.600 bits per heavy atom. The molecule has 0 aliphatic heterocycles. The molecule has 0 bridgehead atoms. The zero-order valence-electron chi connectivity index (χ0n) is 8.31. The highest BCUT2D eigenvalue weighted by atomic mass is 13.6. The number of rotatable bonds is 1. The van der Waals surface area contributed by atoms with E-state index < -0.39 is 0 Å². The van der Waals surface area contributed by atoms with Gasteiger partial charge in [0.25, 0.3) is 0 Å². The van der Waals surface area contributed by atoms with Gasteiger partial charge in [-0.05, 0) is 13.8 Å². The van der Waals surface area contributed by atoms with Gasteiger partial charge in [-0.2, -0.15) is 0 Å². The zero-order valence-corrected chi connectivity index (χ0v) is 8.31. The summed E-state index contributed by atoms with van der Waals surface area (Å²) in [6.45, 7) is 12.0. The monoisotopic (exact) mass is 142 g/mol. The average molecular weight is 142 g/mol. The van der Waals surface area contributed by atoms with Gasteiger partial charge in [-0.15, -0.1) is 0 Å². The van der Waals surface area contributed by atoms with Crippen LogP contribution < -0.4 is 0 Å². The molecule has 0 N–H and O–H groups in total. The molecule has 10 heavy (non-hydrogen) atoms. The Labute approximate surface area is 66.7 Å². The zero-order chi connectivity index (χ0) is 8.83. The summed E-state index contributed by atoms with van der Waals surface area (Å²) in [5, 5.41) is 0. The van der Waals surface area contributed by atoms with Crippen LogP contribution in [-0.4, -0.2) is 0 Å². The molecule has 0 heterocycles. The van der Waals surface area contributed by atoms with Crippen molar-refractivity contribution >= 4 is 0 Å². The van der Waals surface area contributed by atoms with Gasteiger partial charge in [0.1, 0.15) is 0 Å². The molecule has 0 aromatic carbocycles. The van der Waals surface area contributed by atoms with Gasteiger partial charge < -0.3 is 0 Å². The van der Waals surface area contributed by atoms with Crippen LogP contribution in [0.25, 0.3) is 0 Å². The van der Waals surface area contributed by atoms with Gasteiger partial charge in [-0.3, -0.25) is 0 Å². The topological polar surface area (TPSA) is 0 Å². The summed E-state index contributed by atoms with van der Waals surface area (Å²) < 4.78 is 0. The summed E-state index contributed by atoms with van der Waals surface area (Å²) in [7, 11) is 0. The Balaban J connectivity index is -0.000000105. The van der Waals surface area contributed by atoms with Crippen molar-refractivity contribution in [3.63, 3.8) is 0 Å². The molecule has 0 nitrogen and oxygen atoms in total. The summed E-state index contributed by atoms with van der Waals surface area (Å²) >= 11 is 0. The van der Waals surface area contributed by atoms with E-state index in [0.717, 1.165) is 0 Å². The van der Waals surface area contributed by atoms with Gasteiger partial charge in [0, 0.05) is 0 Å². The van der Waals surface area contributed by atoms with Crippen molar-refractivity contribution in [1.29, 1.82) is 0 Å². The summed E-state index contributed by atoms with van der Waals surface area (Å²) in [5.74, 6) is 0. The van der Waals surface area contributed by atoms with E-state index in [-0.39, 0.29) is 0 Å². The fourth-order valence-electron chi connectivity index (χ4n) is 0.222. The third-order valence-electron chi connectivity index (χ3n) is 0.496. The summed E-state index contributed by atoms with van der Waals surface area (Å²) in [6, 6.07) is 0. The van der Waals surface area contributed by atoms with Crippen LogP contribution in [0.15, 0.2) is 24.3 Å². The third-order valence-corrected chi connectivity index (χ3v) is 0.496. The first-order chi connectivity index (χ1) is 4.91. The Morgan fingerprint density at radius 2 is 0.800 bits per heavy atom. The van der Waals surface area contributed by atoms with Crippen LogP contribution in [0.4, 0.5) is 0 Å². The van der Waals surface area contributed by atoms with Gasteiger partial charge in [0.2, 0.25) is 0 Å². The van der Waals surface area contributed by atoms with Crippen LogP contribution in [0, 0.1) is 0 Å². The second-order valence-corrected chi connectivity index (χ2v) is 1.05. The summed E-state index contributed by atoms with van der Waals surface area (Å²) in [4.78, 5) is 0. The van der Waals surface area contributed by atoms with E-state index in [1.165, 1.54) is 0 Å². The highest BCUT2D eigenvalue weighted by Gasteiger charge is 1.48. The van der Waals surface area contributed by atoms with E-state index >= 15 is 0 Å². The van der Waals surface area contributed by atoms with Gasteiger partial charge in [0.05, 0.1) is 0 Å². The first-order valence-corrected chi connectivity index (χ1v) is 4.15. The molecule has 0 spiro atoms. The summed E-state index contributed by atoms with van der Waals surface area (Å²) in [6.07, 6.45) is 8.00. The molecule has 62 valence electrons. The molecule has 0 amide bonds. The van der Waals surface area contributed by atoms with Crippen LogP contribution in [0.2, 0.25) is 0 Å². The fraction of sp³-hybridized carbons (Fsp3) is 0.600. The quantitative estimate of drug-likeness (QED) is 0.481. The predicted octanol–water partition coefficient (Wildman–Crippen LogP) is 4.19. The Morgan fingerprint density at radius 3 is 0.900 bits per heavy atom. The summed E-state index contributed by atoms with van der Waals surface area (Å²) in [5.41, 5.74) is 0. The molecule has 0 unspecified atom stereocenters. The minimum absolute atomic E-state index is 2.00. The van der Waals surface area contributed by atoms with E-state index in [0.29, 0.717) is 0 Å². The Hall–Kier alpha value is -0.520. The van der Waals surface area contributed by atoms with E-state index in [4.69, 9.17) is 0 Å². The lowest BCUT2D eigenvalue weighted by Crippen LogP contribution is -1.40. The molecule has 0 heteroatoms. The number of hydrogen-bond donors (Lipinski definition) is 0. The van der Waals surface area contributed by atoms with E-state index in [1.807, 2.05) is 65.8 Å². The molecular weight excluding hydrogens is 120 g/mol. The predicted molar refractivity (Wildman–Crippen MR) is 52.3 cm³/mol. The SMILES string of the molecule is C/C=C\C=C/C.CC.CC. The van der Waals surface area contributed by atoms with Crippen LogP contribution in [-0.2, 0) is 0 Å². The van der Waals surface area contributed by atoms with Crippen LogP contribution in [0.5, 0.6) is 0 Å². The molecule has 0 aliphatic carbocycles. The van der Waals surface area contributed by atoms with Crippen molar-refractivity contribution in [2.45, 2.75) is 41.5 Å². The highest BCUT2D eigenvalue weighted by Crippen LogP contribution is 1.71. The van der Waals surface area contributed by atoms with Crippen LogP contribution >= 0.6 is 0 Å². The van der Waals surface area contributed by atoms with Gasteiger partial charge in [0.15, 0.2) is 0 Å². The van der Waals surface area contributed by atoms with E-state index in [1.54, 1.807) is 0 Å². The molecule has 0 aromatic rings. The Kier molecular flexibility index (Phi) is 63.6. The maximum Gasteiger partial charge on any atom is -0.0467 e. The van der Waals surface area contributed by atoms with Crippen molar-refractivity contribution in [2.24, 2.45) is 0 Å².